The van der Waals surface area contributed by atoms with Crippen molar-refractivity contribution in [1.82, 2.24) is 19.1 Å². The number of benzene rings is 7. The van der Waals surface area contributed by atoms with Gasteiger partial charge in [-0.1, -0.05) is 91.0 Å². The molecule has 6 heteroatoms. The highest BCUT2D eigenvalue weighted by molar-refractivity contribution is 7.25. The molecule has 5 aromatic heterocycles. The van der Waals surface area contributed by atoms with E-state index >= 15 is 0 Å². The summed E-state index contributed by atoms with van der Waals surface area (Å²) in [4.78, 5) is 10.8. The van der Waals surface area contributed by atoms with Crippen LogP contribution in [0.4, 0.5) is 0 Å². The van der Waals surface area contributed by atoms with E-state index in [0.29, 0.717) is 11.5 Å². The Hall–Kier alpha value is -6.76. The zero-order valence-electron chi connectivity index (χ0n) is 27.6. The lowest BCUT2D eigenvalue weighted by Crippen LogP contribution is -2.02. The Morgan fingerprint density at radius 3 is 1.92 bits per heavy atom. The van der Waals surface area contributed by atoms with Gasteiger partial charge in [0.05, 0.1) is 22.1 Å². The van der Waals surface area contributed by atoms with E-state index in [1.54, 1.807) is 0 Å². The minimum Gasteiger partial charge on any atom is -0.452 e. The van der Waals surface area contributed by atoms with Gasteiger partial charge in [0.15, 0.2) is 5.58 Å². The van der Waals surface area contributed by atoms with E-state index < -0.39 is 0 Å². The standard InChI is InChI=1S/C46H26N4OS/c1-2-12-28(13-3-1)49-36-18-8-4-14-29(36)33-24-27(22-23-38(33)49)43-45-44(32-17-6-10-20-40(32)51-45)48-46(47-43)50-37-19-9-5-15-30(37)34-25-35-31-16-7-11-21-41(31)52-42(35)26-39(34)50/h1-26H. The Bertz CT molecular complexity index is 3420. The van der Waals surface area contributed by atoms with Crippen LogP contribution in [0.1, 0.15) is 0 Å². The van der Waals surface area contributed by atoms with Gasteiger partial charge in [-0.25, -0.2) is 9.97 Å². The maximum atomic E-state index is 6.61. The third-order valence-electron chi connectivity index (χ3n) is 10.5. The van der Waals surface area contributed by atoms with E-state index in [-0.39, 0.29) is 0 Å². The number of nitrogens with zero attached hydrogens (tertiary/aromatic N) is 4. The quantitative estimate of drug-likeness (QED) is 0.186. The predicted molar refractivity (Wildman–Crippen MR) is 216 cm³/mol. The van der Waals surface area contributed by atoms with Gasteiger partial charge in [-0.15, -0.1) is 11.3 Å². The van der Waals surface area contributed by atoms with Gasteiger partial charge < -0.3 is 8.98 Å². The summed E-state index contributed by atoms with van der Waals surface area (Å²) in [5.41, 5.74) is 9.61. The summed E-state index contributed by atoms with van der Waals surface area (Å²) in [5.74, 6) is 0.618. The van der Waals surface area contributed by atoms with E-state index in [4.69, 9.17) is 14.4 Å². The minimum absolute atomic E-state index is 0.618. The highest BCUT2D eigenvalue weighted by atomic mass is 32.1. The predicted octanol–water partition coefficient (Wildman–Crippen LogP) is 12.6. The lowest BCUT2D eigenvalue weighted by atomic mass is 10.1. The molecule has 0 N–H and O–H groups in total. The van der Waals surface area contributed by atoms with Crippen molar-refractivity contribution in [2.45, 2.75) is 0 Å². The van der Waals surface area contributed by atoms with E-state index in [1.165, 1.54) is 36.3 Å². The smallest absolute Gasteiger partial charge is 0.236 e. The van der Waals surface area contributed by atoms with Crippen molar-refractivity contribution in [3.63, 3.8) is 0 Å². The molecule has 0 saturated carbocycles. The molecule has 0 atom stereocenters. The molecule has 52 heavy (non-hydrogen) atoms. The molecule has 0 saturated heterocycles. The monoisotopic (exact) mass is 682 g/mol. The summed E-state index contributed by atoms with van der Waals surface area (Å²) in [6, 6.07) is 55.9. The van der Waals surface area contributed by atoms with Crippen LogP contribution in [0.3, 0.4) is 0 Å². The van der Waals surface area contributed by atoms with E-state index in [9.17, 15) is 0 Å². The van der Waals surface area contributed by atoms with Crippen molar-refractivity contribution in [3.05, 3.63) is 158 Å². The first-order valence-electron chi connectivity index (χ1n) is 17.4. The molecule has 7 aromatic carbocycles. The molecule has 5 heterocycles. The summed E-state index contributed by atoms with van der Waals surface area (Å²) >= 11 is 1.83. The normalized spacial score (nSPS) is 12.2. The first-order chi connectivity index (χ1) is 25.8. The van der Waals surface area contributed by atoms with Crippen LogP contribution < -0.4 is 0 Å². The average Bonchev–Trinajstić information content (AvgIpc) is 3.94. The van der Waals surface area contributed by atoms with E-state index in [1.807, 2.05) is 29.5 Å². The molecule has 0 radical (unpaired) electrons. The summed E-state index contributed by atoms with van der Waals surface area (Å²) in [7, 11) is 0. The Labute approximate surface area is 300 Å². The number of rotatable bonds is 3. The Kier molecular flexibility index (Phi) is 5.59. The first-order valence-corrected chi connectivity index (χ1v) is 18.2. The SMILES string of the molecule is c1ccc(-n2c3ccccc3c3cc(-c4nc(-n5c6ccccc6c6cc7c(cc65)sc5ccccc57)nc5c4oc4ccccc45)ccc32)cc1. The zero-order valence-corrected chi connectivity index (χ0v) is 28.4. The maximum Gasteiger partial charge on any atom is 0.236 e. The van der Waals surface area contributed by atoms with E-state index in [2.05, 4.69) is 149 Å². The Balaban J connectivity index is 1.18. The molecule has 242 valence electrons. The summed E-state index contributed by atoms with van der Waals surface area (Å²) in [6.07, 6.45) is 0. The Morgan fingerprint density at radius 2 is 1.10 bits per heavy atom. The fourth-order valence-corrected chi connectivity index (χ4v) is 9.37. The molecule has 5 nitrogen and oxygen atoms in total. The largest absolute Gasteiger partial charge is 0.452 e. The summed E-state index contributed by atoms with van der Waals surface area (Å²) in [5, 5.41) is 8.23. The van der Waals surface area contributed by atoms with Gasteiger partial charge in [-0.2, -0.15) is 0 Å². The van der Waals surface area contributed by atoms with Gasteiger partial charge in [0.1, 0.15) is 16.8 Å². The van der Waals surface area contributed by atoms with Crippen LogP contribution in [0, 0.1) is 0 Å². The third-order valence-corrected chi connectivity index (χ3v) is 11.7. The lowest BCUT2D eigenvalue weighted by Gasteiger charge is -2.10. The van der Waals surface area contributed by atoms with Crippen molar-refractivity contribution >= 4 is 97.2 Å². The van der Waals surface area contributed by atoms with Gasteiger partial charge in [0.2, 0.25) is 5.95 Å². The summed E-state index contributed by atoms with van der Waals surface area (Å²) < 4.78 is 13.7. The molecule has 0 unspecified atom stereocenters. The maximum absolute atomic E-state index is 6.61. The molecular formula is C46H26N4OS. The average molecular weight is 683 g/mol. The van der Waals surface area contributed by atoms with Crippen LogP contribution in [-0.4, -0.2) is 19.1 Å². The summed E-state index contributed by atoms with van der Waals surface area (Å²) in [6.45, 7) is 0. The van der Waals surface area contributed by atoms with Gasteiger partial charge in [0, 0.05) is 58.4 Å². The second-order valence-electron chi connectivity index (χ2n) is 13.4. The highest BCUT2D eigenvalue weighted by Gasteiger charge is 2.23. The second kappa shape index (κ2) is 10.4. The van der Waals surface area contributed by atoms with E-state index in [0.717, 1.165) is 60.9 Å². The number of thiophene rings is 1. The molecule has 0 aliphatic heterocycles. The number of hydrogen-bond acceptors (Lipinski definition) is 4. The van der Waals surface area contributed by atoms with Crippen molar-refractivity contribution < 1.29 is 4.42 Å². The van der Waals surface area contributed by atoms with Crippen LogP contribution in [0.15, 0.2) is 162 Å². The lowest BCUT2D eigenvalue weighted by molar-refractivity contribution is 0.666. The fourth-order valence-electron chi connectivity index (χ4n) is 8.25. The molecule has 0 bridgehead atoms. The zero-order chi connectivity index (χ0) is 33.9. The molecule has 0 fully saturated rings. The topological polar surface area (TPSA) is 48.8 Å². The highest BCUT2D eigenvalue weighted by Crippen LogP contribution is 2.42. The molecule has 0 aliphatic rings. The molecule has 12 aromatic rings. The second-order valence-corrected chi connectivity index (χ2v) is 14.5. The number of para-hydroxylation sites is 4. The van der Waals surface area contributed by atoms with Crippen LogP contribution in [-0.2, 0) is 0 Å². The molecule has 12 rings (SSSR count). The number of furan rings is 1. The van der Waals surface area contributed by atoms with Gasteiger partial charge in [-0.3, -0.25) is 4.57 Å². The van der Waals surface area contributed by atoms with Crippen LogP contribution >= 0.6 is 11.3 Å². The first kappa shape index (κ1) is 28.0. The number of fused-ring (bicyclic) bond motifs is 12. The van der Waals surface area contributed by atoms with Crippen molar-refractivity contribution in [2.75, 3.05) is 0 Å². The van der Waals surface area contributed by atoms with Crippen molar-refractivity contribution in [3.8, 4) is 22.9 Å². The fraction of sp³-hybridized carbons (Fsp3) is 0. The molecule has 0 aliphatic carbocycles. The van der Waals surface area contributed by atoms with Crippen molar-refractivity contribution in [2.24, 2.45) is 0 Å². The molecule has 0 amide bonds. The van der Waals surface area contributed by atoms with Crippen LogP contribution in [0.25, 0.3) is 109 Å². The number of hydrogen-bond donors (Lipinski definition) is 0. The minimum atomic E-state index is 0.618. The van der Waals surface area contributed by atoms with Gasteiger partial charge in [-0.05, 0) is 66.7 Å². The number of aromatic nitrogens is 4. The Morgan fingerprint density at radius 1 is 0.442 bits per heavy atom. The van der Waals surface area contributed by atoms with Crippen LogP contribution in [0.2, 0.25) is 0 Å². The third kappa shape index (κ3) is 3.81. The van der Waals surface area contributed by atoms with Crippen LogP contribution in [0.5, 0.6) is 0 Å². The molecule has 0 spiro atoms. The van der Waals surface area contributed by atoms with Gasteiger partial charge in [0.25, 0.3) is 0 Å². The van der Waals surface area contributed by atoms with Gasteiger partial charge >= 0.3 is 0 Å². The van der Waals surface area contributed by atoms with Crippen molar-refractivity contribution in [1.29, 1.82) is 0 Å². The molecular weight excluding hydrogens is 657 g/mol.